The Kier molecular flexibility index (Phi) is 4.69. The highest BCUT2D eigenvalue weighted by Gasteiger charge is 2.19. The Morgan fingerprint density at radius 2 is 0.898 bits per heavy atom. The molecule has 10 aromatic rings. The smallest absolute Gasteiger partial charge is 0.136 e. The molecule has 1 nitrogen and oxygen atoms in total. The van der Waals surface area contributed by atoms with E-state index in [9.17, 15) is 5.48 Å². The van der Waals surface area contributed by atoms with Crippen molar-refractivity contribution in [1.29, 1.82) is 0 Å². The SMILES string of the molecule is [2H]c1c([2H])c([2H])c2c(-c3ccccc3-c3ccccc3)c3c([2H])c([2H])c([2H])c([2H])c3c(-c3ccc(-c4cccc5oc6cc7ccccc7cc6c45)cc3)c2c1[2H]. The van der Waals surface area contributed by atoms with Crippen LogP contribution in [0.15, 0.2) is 186 Å². The van der Waals surface area contributed by atoms with Gasteiger partial charge >= 0.3 is 0 Å². The van der Waals surface area contributed by atoms with Crippen LogP contribution >= 0.6 is 0 Å². The molecule has 10 rings (SSSR count). The summed E-state index contributed by atoms with van der Waals surface area (Å²) in [4.78, 5) is 0. The quantitative estimate of drug-likeness (QED) is 0.176. The minimum Gasteiger partial charge on any atom is -0.456 e. The van der Waals surface area contributed by atoms with Crippen LogP contribution in [0.4, 0.5) is 0 Å². The van der Waals surface area contributed by atoms with E-state index in [0.29, 0.717) is 22.3 Å². The Hall–Kier alpha value is -6.44. The average molecular weight is 631 g/mol. The summed E-state index contributed by atoms with van der Waals surface area (Å²) >= 11 is 0. The lowest BCUT2D eigenvalue weighted by atomic mass is 9.83. The summed E-state index contributed by atoms with van der Waals surface area (Å²) in [6.45, 7) is 0. The lowest BCUT2D eigenvalue weighted by molar-refractivity contribution is 0.669. The zero-order valence-electron chi connectivity index (χ0n) is 34.1. The fourth-order valence-corrected chi connectivity index (χ4v) is 7.32. The molecule has 0 aliphatic heterocycles. The standard InChI is InChI=1S/C48H30O/c1-2-13-31(14-3-1)36-17-6-7-18-38(36)47-41-21-10-8-19-39(41)46(40-20-9-11-22-42(40)47)33-27-25-32(26-28-33)37-23-12-24-44-48(37)43-29-34-15-4-5-16-35(34)30-45(43)49-44/h1-30H/i8D,9D,10D,11D,19D,20D,21D,22D. The Balaban J connectivity index is 1.30. The molecule has 0 N–H and O–H groups in total. The van der Waals surface area contributed by atoms with Crippen LogP contribution in [0, 0.1) is 0 Å². The molecule has 0 unspecified atom stereocenters. The average Bonchev–Trinajstić information content (AvgIpc) is 3.62. The van der Waals surface area contributed by atoms with Crippen LogP contribution in [0.3, 0.4) is 0 Å². The number of hydrogen-bond donors (Lipinski definition) is 0. The third kappa shape index (κ3) is 4.40. The van der Waals surface area contributed by atoms with Gasteiger partial charge < -0.3 is 4.42 Å². The van der Waals surface area contributed by atoms with Gasteiger partial charge in [0.1, 0.15) is 11.2 Å². The highest BCUT2D eigenvalue weighted by molar-refractivity contribution is 6.22. The lowest BCUT2D eigenvalue weighted by Crippen LogP contribution is -1.92. The van der Waals surface area contributed by atoms with Crippen molar-refractivity contribution in [3.8, 4) is 44.5 Å². The molecule has 0 aliphatic rings. The van der Waals surface area contributed by atoms with Gasteiger partial charge in [-0.05, 0) is 95.0 Å². The molecule has 1 heteroatoms. The predicted octanol–water partition coefficient (Wildman–Crippen LogP) is 13.7. The molecule has 9 aromatic carbocycles. The van der Waals surface area contributed by atoms with E-state index in [1.54, 1.807) is 0 Å². The van der Waals surface area contributed by atoms with Gasteiger partial charge in [-0.1, -0.05) is 164 Å². The van der Waals surface area contributed by atoms with Crippen molar-refractivity contribution in [1.82, 2.24) is 0 Å². The van der Waals surface area contributed by atoms with E-state index in [1.807, 2.05) is 109 Å². The Morgan fingerprint density at radius 1 is 0.367 bits per heavy atom. The summed E-state index contributed by atoms with van der Waals surface area (Å²) in [7, 11) is 0. The topological polar surface area (TPSA) is 13.1 Å². The molecule has 1 aromatic heterocycles. The summed E-state index contributed by atoms with van der Waals surface area (Å²) in [6.07, 6.45) is 0. The minimum atomic E-state index is -0.432. The molecule has 0 aliphatic carbocycles. The molecule has 0 fully saturated rings. The summed E-state index contributed by atoms with van der Waals surface area (Å²) < 4.78 is 79.2. The number of hydrogen-bond acceptors (Lipinski definition) is 1. The fourth-order valence-electron chi connectivity index (χ4n) is 7.32. The number of benzene rings is 9. The second-order valence-electron chi connectivity index (χ2n) is 12.2. The molecular formula is C48H30O. The molecule has 0 saturated carbocycles. The van der Waals surface area contributed by atoms with E-state index < -0.39 is 24.2 Å². The molecule has 0 radical (unpaired) electrons. The second-order valence-corrected chi connectivity index (χ2v) is 12.2. The lowest BCUT2D eigenvalue weighted by Gasteiger charge is -2.20. The Labute approximate surface area is 295 Å². The number of furan rings is 1. The van der Waals surface area contributed by atoms with Crippen molar-refractivity contribution in [3.63, 3.8) is 0 Å². The van der Waals surface area contributed by atoms with Gasteiger partial charge in [-0.3, -0.25) is 0 Å². The third-order valence-electron chi connectivity index (χ3n) is 9.50. The Bertz CT molecular complexity index is 3240. The molecule has 49 heavy (non-hydrogen) atoms. The molecule has 0 amide bonds. The zero-order valence-corrected chi connectivity index (χ0v) is 26.1. The highest BCUT2D eigenvalue weighted by Crippen LogP contribution is 2.46. The van der Waals surface area contributed by atoms with E-state index in [2.05, 4.69) is 24.3 Å². The first-order chi connectivity index (χ1) is 27.6. The van der Waals surface area contributed by atoms with Crippen LogP contribution < -0.4 is 0 Å². The van der Waals surface area contributed by atoms with Crippen LogP contribution in [0.5, 0.6) is 0 Å². The first kappa shape index (κ1) is 20.7. The highest BCUT2D eigenvalue weighted by atomic mass is 16.3. The summed E-state index contributed by atoms with van der Waals surface area (Å²) in [6, 6.07) is 40.1. The van der Waals surface area contributed by atoms with E-state index in [0.717, 1.165) is 55.0 Å². The van der Waals surface area contributed by atoms with Gasteiger partial charge in [-0.2, -0.15) is 0 Å². The van der Waals surface area contributed by atoms with Crippen LogP contribution in [0.25, 0.3) is 98.8 Å². The van der Waals surface area contributed by atoms with Gasteiger partial charge in [0.05, 0.1) is 11.0 Å². The zero-order chi connectivity index (χ0) is 39.3. The van der Waals surface area contributed by atoms with Crippen molar-refractivity contribution >= 4 is 54.3 Å². The van der Waals surface area contributed by atoms with Gasteiger partial charge in [0.15, 0.2) is 0 Å². The largest absolute Gasteiger partial charge is 0.456 e. The van der Waals surface area contributed by atoms with Crippen molar-refractivity contribution in [2.24, 2.45) is 0 Å². The van der Waals surface area contributed by atoms with Crippen molar-refractivity contribution in [3.05, 3.63) is 182 Å². The first-order valence-electron chi connectivity index (χ1n) is 20.2. The van der Waals surface area contributed by atoms with Gasteiger partial charge in [-0.15, -0.1) is 0 Å². The summed E-state index contributed by atoms with van der Waals surface area (Å²) in [5.41, 5.74) is 6.72. The predicted molar refractivity (Wildman–Crippen MR) is 208 cm³/mol. The van der Waals surface area contributed by atoms with Crippen molar-refractivity contribution < 1.29 is 15.4 Å². The van der Waals surface area contributed by atoms with Gasteiger partial charge in [-0.25, -0.2) is 0 Å². The van der Waals surface area contributed by atoms with E-state index in [4.69, 9.17) is 9.90 Å². The van der Waals surface area contributed by atoms with Gasteiger partial charge in [0.2, 0.25) is 0 Å². The van der Waals surface area contributed by atoms with Crippen LogP contribution in [-0.2, 0) is 0 Å². The molecular weight excluding hydrogens is 593 g/mol. The number of rotatable bonds is 4. The monoisotopic (exact) mass is 630 g/mol. The van der Waals surface area contributed by atoms with Gasteiger partial charge in [0.25, 0.3) is 0 Å². The molecule has 0 bridgehead atoms. The maximum absolute atomic E-state index is 9.38. The van der Waals surface area contributed by atoms with Crippen LogP contribution in [-0.4, -0.2) is 0 Å². The molecule has 0 saturated heterocycles. The van der Waals surface area contributed by atoms with Crippen LogP contribution in [0.2, 0.25) is 0 Å². The maximum atomic E-state index is 9.38. The summed E-state index contributed by atoms with van der Waals surface area (Å²) in [5, 5.41) is 4.86. The first-order valence-corrected chi connectivity index (χ1v) is 16.2. The summed E-state index contributed by atoms with van der Waals surface area (Å²) in [5.74, 6) is 0. The van der Waals surface area contributed by atoms with Crippen molar-refractivity contribution in [2.75, 3.05) is 0 Å². The fraction of sp³-hybridized carbons (Fsp3) is 0. The van der Waals surface area contributed by atoms with Gasteiger partial charge in [0, 0.05) is 10.8 Å². The maximum Gasteiger partial charge on any atom is 0.136 e. The van der Waals surface area contributed by atoms with Crippen molar-refractivity contribution in [2.45, 2.75) is 0 Å². The van der Waals surface area contributed by atoms with E-state index in [-0.39, 0.29) is 45.7 Å². The van der Waals surface area contributed by atoms with E-state index >= 15 is 0 Å². The Morgan fingerprint density at radius 3 is 1.59 bits per heavy atom. The minimum absolute atomic E-state index is 0.180. The second kappa shape index (κ2) is 11.1. The van der Waals surface area contributed by atoms with E-state index in [1.165, 1.54) is 0 Å². The third-order valence-corrected chi connectivity index (χ3v) is 9.50. The molecule has 228 valence electrons. The molecule has 0 atom stereocenters. The molecule has 1 heterocycles. The van der Waals surface area contributed by atoms with Crippen LogP contribution in [0.1, 0.15) is 11.0 Å². The number of fused-ring (bicyclic) bond motifs is 6. The normalized spacial score (nSPS) is 14.0. The molecule has 0 spiro atoms.